The van der Waals surface area contributed by atoms with Gasteiger partial charge >= 0.3 is 0 Å². The van der Waals surface area contributed by atoms with Gasteiger partial charge in [-0.15, -0.1) is 0 Å². The minimum absolute atomic E-state index is 0.129. The summed E-state index contributed by atoms with van der Waals surface area (Å²) in [7, 11) is 0. The molecule has 136 valence electrons. The van der Waals surface area contributed by atoms with Crippen LogP contribution in [0, 0.1) is 0 Å². The molecule has 8 heteroatoms. The zero-order valence-corrected chi connectivity index (χ0v) is 15.0. The lowest BCUT2D eigenvalue weighted by Gasteiger charge is -2.25. The first-order chi connectivity index (χ1) is 12.7. The van der Waals surface area contributed by atoms with Crippen molar-refractivity contribution in [1.29, 1.82) is 0 Å². The van der Waals surface area contributed by atoms with E-state index in [1.165, 1.54) is 0 Å². The molecule has 0 aliphatic carbocycles. The van der Waals surface area contributed by atoms with Gasteiger partial charge in [-0.3, -0.25) is 15.6 Å². The Morgan fingerprint density at radius 3 is 2.62 bits per heavy atom. The van der Waals surface area contributed by atoms with E-state index in [-0.39, 0.29) is 17.6 Å². The quantitative estimate of drug-likeness (QED) is 0.560. The Hall–Kier alpha value is -3.00. The van der Waals surface area contributed by atoms with Crippen molar-refractivity contribution in [3.05, 3.63) is 48.5 Å². The van der Waals surface area contributed by atoms with Gasteiger partial charge in [0.2, 0.25) is 6.10 Å². The van der Waals surface area contributed by atoms with Crippen molar-refractivity contribution in [2.24, 2.45) is 0 Å². The van der Waals surface area contributed by atoms with E-state index in [1.54, 1.807) is 12.1 Å². The average molecular weight is 373 g/mol. The monoisotopic (exact) mass is 373 g/mol. The predicted molar refractivity (Wildman–Crippen MR) is 101 cm³/mol. The summed E-state index contributed by atoms with van der Waals surface area (Å²) in [5.41, 5.74) is 5.93. The Kier molecular flexibility index (Phi) is 5.75. The third-order valence-electron chi connectivity index (χ3n) is 3.52. The number of ether oxygens (including phenoxy) is 3. The van der Waals surface area contributed by atoms with E-state index in [0.717, 1.165) is 11.4 Å². The van der Waals surface area contributed by atoms with Crippen molar-refractivity contribution < 1.29 is 19.0 Å². The molecule has 0 saturated carbocycles. The van der Waals surface area contributed by atoms with Crippen molar-refractivity contribution in [3.8, 4) is 17.2 Å². The van der Waals surface area contributed by atoms with Crippen LogP contribution < -0.4 is 30.4 Å². The molecule has 1 atom stereocenters. The maximum atomic E-state index is 12.2. The number of para-hydroxylation sites is 2. The number of nitrogens with one attached hydrogen (secondary N) is 3. The molecule has 26 heavy (non-hydrogen) atoms. The fraction of sp³-hybridized carbons (Fsp3) is 0.222. The first kappa shape index (κ1) is 17.8. The topological polar surface area (TPSA) is 80.9 Å². The SMILES string of the molecule is CCOc1ccc(NC(=S)NNC(=O)[C@@H]2COc3ccccc3O2)cc1. The summed E-state index contributed by atoms with van der Waals surface area (Å²) in [6, 6.07) is 14.5. The van der Waals surface area contributed by atoms with Crippen LogP contribution in [0.25, 0.3) is 0 Å². The lowest BCUT2D eigenvalue weighted by Crippen LogP contribution is -2.51. The zero-order valence-electron chi connectivity index (χ0n) is 14.2. The molecule has 0 bridgehead atoms. The minimum Gasteiger partial charge on any atom is -0.494 e. The van der Waals surface area contributed by atoms with Gasteiger partial charge in [0.15, 0.2) is 16.6 Å². The molecule has 1 aliphatic rings. The minimum atomic E-state index is -0.759. The van der Waals surface area contributed by atoms with E-state index in [2.05, 4.69) is 16.2 Å². The number of hydrazine groups is 1. The summed E-state index contributed by atoms with van der Waals surface area (Å²) in [5.74, 6) is 1.56. The van der Waals surface area contributed by atoms with Gasteiger partial charge in [0.25, 0.3) is 5.91 Å². The van der Waals surface area contributed by atoms with Crippen molar-refractivity contribution in [2.75, 3.05) is 18.5 Å². The number of thiocarbonyl (C=S) groups is 1. The molecule has 2 aromatic carbocycles. The standard InChI is InChI=1S/C18H19N3O4S/c1-2-23-13-9-7-12(8-10-13)19-18(26)21-20-17(22)16-11-24-14-5-3-4-6-15(14)25-16/h3-10,16H,2,11H2,1H3,(H,20,22)(H2,19,21,26)/t16-/m0/s1. The number of hydrogen-bond acceptors (Lipinski definition) is 5. The van der Waals surface area contributed by atoms with Crippen molar-refractivity contribution in [2.45, 2.75) is 13.0 Å². The van der Waals surface area contributed by atoms with Gasteiger partial charge in [-0.1, -0.05) is 12.1 Å². The number of carbonyl (C=O) groups excluding carboxylic acids is 1. The highest BCUT2D eigenvalue weighted by Gasteiger charge is 2.27. The van der Waals surface area contributed by atoms with Crippen LogP contribution in [0.15, 0.2) is 48.5 Å². The van der Waals surface area contributed by atoms with Gasteiger partial charge in [-0.05, 0) is 55.5 Å². The molecule has 0 aromatic heterocycles. The van der Waals surface area contributed by atoms with Gasteiger partial charge in [-0.25, -0.2) is 0 Å². The second-order valence-corrected chi connectivity index (χ2v) is 5.80. The summed E-state index contributed by atoms with van der Waals surface area (Å²) in [4.78, 5) is 12.2. The molecular formula is C18H19N3O4S. The largest absolute Gasteiger partial charge is 0.494 e. The second kappa shape index (κ2) is 8.39. The maximum absolute atomic E-state index is 12.2. The number of fused-ring (bicyclic) bond motifs is 1. The highest BCUT2D eigenvalue weighted by Crippen LogP contribution is 2.30. The summed E-state index contributed by atoms with van der Waals surface area (Å²) in [5, 5.41) is 3.21. The third-order valence-corrected chi connectivity index (χ3v) is 3.73. The van der Waals surface area contributed by atoms with Gasteiger partial charge in [0, 0.05) is 5.69 Å². The Balaban J connectivity index is 1.46. The fourth-order valence-corrected chi connectivity index (χ4v) is 2.48. The van der Waals surface area contributed by atoms with E-state index in [4.69, 9.17) is 26.4 Å². The fourth-order valence-electron chi connectivity index (χ4n) is 2.31. The Bertz CT molecular complexity index is 782. The van der Waals surface area contributed by atoms with E-state index in [9.17, 15) is 4.79 Å². The molecule has 3 N–H and O–H groups in total. The van der Waals surface area contributed by atoms with Gasteiger partial charge < -0.3 is 19.5 Å². The van der Waals surface area contributed by atoms with E-state index in [1.807, 2.05) is 43.3 Å². The predicted octanol–water partition coefficient (Wildman–Crippen LogP) is 2.24. The molecule has 1 amide bonds. The number of carbonyl (C=O) groups is 1. The Morgan fingerprint density at radius 1 is 1.15 bits per heavy atom. The summed E-state index contributed by atoms with van der Waals surface area (Å²) >= 11 is 5.16. The van der Waals surface area contributed by atoms with E-state index in [0.29, 0.717) is 18.1 Å². The molecule has 2 aromatic rings. The number of benzene rings is 2. The third kappa shape index (κ3) is 4.54. The van der Waals surface area contributed by atoms with Crippen LogP contribution in [0.5, 0.6) is 17.2 Å². The molecular weight excluding hydrogens is 354 g/mol. The lowest BCUT2D eigenvalue weighted by atomic mass is 10.2. The summed E-state index contributed by atoms with van der Waals surface area (Å²) < 4.78 is 16.5. The molecule has 1 heterocycles. The van der Waals surface area contributed by atoms with Crippen LogP contribution in [0.3, 0.4) is 0 Å². The second-order valence-electron chi connectivity index (χ2n) is 5.39. The Labute approximate surface area is 156 Å². The van der Waals surface area contributed by atoms with Crippen LogP contribution in [0.4, 0.5) is 5.69 Å². The van der Waals surface area contributed by atoms with E-state index >= 15 is 0 Å². The van der Waals surface area contributed by atoms with Crippen LogP contribution in [0.2, 0.25) is 0 Å². The van der Waals surface area contributed by atoms with Gasteiger partial charge in [0.1, 0.15) is 12.4 Å². The first-order valence-corrected chi connectivity index (χ1v) is 8.54. The first-order valence-electron chi connectivity index (χ1n) is 8.14. The molecule has 1 aliphatic heterocycles. The smallest absolute Gasteiger partial charge is 0.283 e. The highest BCUT2D eigenvalue weighted by atomic mass is 32.1. The van der Waals surface area contributed by atoms with Crippen LogP contribution in [0.1, 0.15) is 6.92 Å². The maximum Gasteiger partial charge on any atom is 0.283 e. The Morgan fingerprint density at radius 2 is 1.88 bits per heavy atom. The number of rotatable bonds is 4. The van der Waals surface area contributed by atoms with Gasteiger partial charge in [0.05, 0.1) is 6.61 Å². The van der Waals surface area contributed by atoms with Crippen molar-refractivity contribution in [1.82, 2.24) is 10.9 Å². The molecule has 0 radical (unpaired) electrons. The zero-order chi connectivity index (χ0) is 18.4. The normalized spacial score (nSPS) is 14.9. The van der Waals surface area contributed by atoms with Gasteiger partial charge in [-0.2, -0.15) is 0 Å². The van der Waals surface area contributed by atoms with Crippen LogP contribution >= 0.6 is 12.2 Å². The molecule has 0 spiro atoms. The molecule has 0 fully saturated rings. The molecule has 0 saturated heterocycles. The summed E-state index contributed by atoms with van der Waals surface area (Å²) in [6.07, 6.45) is -0.759. The lowest BCUT2D eigenvalue weighted by molar-refractivity contribution is -0.130. The van der Waals surface area contributed by atoms with E-state index < -0.39 is 6.10 Å². The number of amides is 1. The van der Waals surface area contributed by atoms with Crippen LogP contribution in [-0.4, -0.2) is 30.3 Å². The average Bonchev–Trinajstić information content (AvgIpc) is 2.67. The van der Waals surface area contributed by atoms with Crippen molar-refractivity contribution in [3.63, 3.8) is 0 Å². The summed E-state index contributed by atoms with van der Waals surface area (Å²) in [6.45, 7) is 2.66. The molecule has 0 unspecified atom stereocenters. The highest BCUT2D eigenvalue weighted by molar-refractivity contribution is 7.80. The van der Waals surface area contributed by atoms with Crippen LogP contribution in [-0.2, 0) is 4.79 Å². The van der Waals surface area contributed by atoms with Crippen molar-refractivity contribution >= 4 is 28.9 Å². The number of anilines is 1. The molecule has 3 rings (SSSR count). The molecule has 7 nitrogen and oxygen atoms in total. The number of hydrogen-bond donors (Lipinski definition) is 3.